The maximum Gasteiger partial charge on any atom is 0.417 e. The molecule has 5 heteroatoms. The fraction of sp³-hybridized carbons (Fsp3) is 0.471. The topological polar surface area (TPSA) is 55.8 Å². The summed E-state index contributed by atoms with van der Waals surface area (Å²) in [7, 11) is 0. The van der Waals surface area contributed by atoms with E-state index in [2.05, 4.69) is 67.7 Å². The maximum atomic E-state index is 13.1. The molecular formula is C34H47NO4. The molecule has 212 valence electrons. The fourth-order valence-corrected chi connectivity index (χ4v) is 4.32. The highest BCUT2D eigenvalue weighted by Gasteiger charge is 2.45. The Morgan fingerprint density at radius 3 is 2.00 bits per heavy atom. The first kappa shape index (κ1) is 32.0. The molecule has 5 nitrogen and oxygen atoms in total. The Balaban J connectivity index is 1.57. The molecule has 0 unspecified atom stereocenters. The summed E-state index contributed by atoms with van der Waals surface area (Å²) in [6.45, 7) is 6.39. The minimum Gasteiger partial charge on any atom is -0.439 e. The highest BCUT2D eigenvalue weighted by atomic mass is 16.6. The molecule has 2 amide bonds. The molecule has 1 aliphatic rings. The standard InChI is InChI=1S/C34H47NO4/c1-4-6-7-8-9-10-11-12-13-14-15-16-17-18-19-20-21-25-28-38-31(5-2)33(36)35-29(3)32(39-34(35)37)30-26-23-22-24-27-30/h6-7,9-10,12-13,15-16,18-19,22-24,26-27,29,31-32H,4-5,8,11,14,17,20-21,25,28H2,1-3H3/t29-,31-,32-/m0/s1. The van der Waals surface area contributed by atoms with E-state index in [0.717, 1.165) is 56.9 Å². The number of unbranched alkanes of at least 4 members (excludes halogenated alkanes) is 2. The van der Waals surface area contributed by atoms with Gasteiger partial charge in [-0.1, -0.05) is 105 Å². The maximum absolute atomic E-state index is 13.1. The number of cyclic esters (lactones) is 1. The van der Waals surface area contributed by atoms with Gasteiger partial charge in [-0.05, 0) is 70.3 Å². The highest BCUT2D eigenvalue weighted by molar-refractivity contribution is 5.96. The van der Waals surface area contributed by atoms with Gasteiger partial charge in [-0.15, -0.1) is 0 Å². The number of hydrogen-bond donors (Lipinski definition) is 0. The van der Waals surface area contributed by atoms with E-state index in [1.165, 1.54) is 4.90 Å². The summed E-state index contributed by atoms with van der Waals surface area (Å²) in [6.07, 6.45) is 28.7. The number of allylic oxidation sites excluding steroid dienone is 10. The monoisotopic (exact) mass is 533 g/mol. The Bertz CT molecular complexity index is 976. The number of carbonyl (C=O) groups excluding carboxylic acids is 2. The predicted molar refractivity (Wildman–Crippen MR) is 160 cm³/mol. The molecular weight excluding hydrogens is 486 g/mol. The van der Waals surface area contributed by atoms with Crippen LogP contribution in [-0.2, 0) is 14.3 Å². The Morgan fingerprint density at radius 2 is 1.44 bits per heavy atom. The van der Waals surface area contributed by atoms with Crippen molar-refractivity contribution in [2.75, 3.05) is 6.61 Å². The van der Waals surface area contributed by atoms with E-state index >= 15 is 0 Å². The smallest absolute Gasteiger partial charge is 0.417 e. The van der Waals surface area contributed by atoms with Gasteiger partial charge >= 0.3 is 6.09 Å². The normalized spacial score (nSPS) is 18.9. The molecule has 1 fully saturated rings. The second kappa shape index (κ2) is 19.8. The van der Waals surface area contributed by atoms with Crippen LogP contribution in [0.5, 0.6) is 0 Å². The third kappa shape index (κ3) is 12.0. The molecule has 0 N–H and O–H groups in total. The van der Waals surface area contributed by atoms with Crippen molar-refractivity contribution < 1.29 is 19.1 Å². The lowest BCUT2D eigenvalue weighted by Gasteiger charge is -2.24. The second-order valence-corrected chi connectivity index (χ2v) is 9.64. The lowest BCUT2D eigenvalue weighted by atomic mass is 10.0. The molecule has 0 aromatic heterocycles. The van der Waals surface area contributed by atoms with Crippen molar-refractivity contribution in [3.63, 3.8) is 0 Å². The quantitative estimate of drug-likeness (QED) is 0.140. The Hall–Kier alpha value is -3.18. The first-order valence-corrected chi connectivity index (χ1v) is 14.5. The van der Waals surface area contributed by atoms with Crippen LogP contribution >= 0.6 is 0 Å². The molecule has 0 bridgehead atoms. The summed E-state index contributed by atoms with van der Waals surface area (Å²) in [6, 6.07) is 9.16. The van der Waals surface area contributed by atoms with Crippen molar-refractivity contribution in [1.82, 2.24) is 4.90 Å². The van der Waals surface area contributed by atoms with Gasteiger partial charge in [0.05, 0.1) is 6.04 Å². The highest BCUT2D eigenvalue weighted by Crippen LogP contribution is 2.33. The van der Waals surface area contributed by atoms with Crippen molar-refractivity contribution in [1.29, 1.82) is 0 Å². The first-order valence-electron chi connectivity index (χ1n) is 14.5. The van der Waals surface area contributed by atoms with Gasteiger partial charge in [-0.3, -0.25) is 4.79 Å². The molecule has 1 heterocycles. The Kier molecular flexibility index (Phi) is 16.3. The molecule has 3 atom stereocenters. The van der Waals surface area contributed by atoms with Crippen LogP contribution in [0.3, 0.4) is 0 Å². The van der Waals surface area contributed by atoms with Gasteiger partial charge < -0.3 is 9.47 Å². The lowest BCUT2D eigenvalue weighted by molar-refractivity contribution is -0.141. The molecule has 1 saturated heterocycles. The Labute approximate surface area is 236 Å². The largest absolute Gasteiger partial charge is 0.439 e. The summed E-state index contributed by atoms with van der Waals surface area (Å²) in [5.41, 5.74) is 0.887. The number of benzene rings is 1. The zero-order valence-electron chi connectivity index (χ0n) is 24.0. The molecule has 0 spiro atoms. The van der Waals surface area contributed by atoms with Crippen LogP contribution in [0.4, 0.5) is 4.79 Å². The summed E-state index contributed by atoms with van der Waals surface area (Å²) < 4.78 is 11.4. The zero-order valence-corrected chi connectivity index (χ0v) is 24.0. The van der Waals surface area contributed by atoms with E-state index in [1.807, 2.05) is 44.2 Å². The average Bonchev–Trinajstić information content (AvgIpc) is 3.25. The van der Waals surface area contributed by atoms with Crippen LogP contribution in [0.1, 0.15) is 90.2 Å². The molecule has 1 aliphatic heterocycles. The molecule has 0 saturated carbocycles. The van der Waals surface area contributed by atoms with E-state index < -0.39 is 18.3 Å². The van der Waals surface area contributed by atoms with Gasteiger partial charge in [-0.25, -0.2) is 9.69 Å². The van der Waals surface area contributed by atoms with Crippen LogP contribution in [0.25, 0.3) is 0 Å². The summed E-state index contributed by atoms with van der Waals surface area (Å²) in [5, 5.41) is 0. The third-order valence-electron chi connectivity index (χ3n) is 6.52. The summed E-state index contributed by atoms with van der Waals surface area (Å²) >= 11 is 0. The minimum absolute atomic E-state index is 0.314. The molecule has 1 aromatic rings. The van der Waals surface area contributed by atoms with Gasteiger partial charge in [-0.2, -0.15) is 0 Å². The van der Waals surface area contributed by atoms with Crippen LogP contribution in [0, 0.1) is 0 Å². The Morgan fingerprint density at radius 1 is 0.872 bits per heavy atom. The fourth-order valence-electron chi connectivity index (χ4n) is 4.32. The van der Waals surface area contributed by atoms with Gasteiger partial charge in [0.25, 0.3) is 5.91 Å². The summed E-state index contributed by atoms with van der Waals surface area (Å²) in [4.78, 5) is 26.8. The third-order valence-corrected chi connectivity index (χ3v) is 6.52. The van der Waals surface area contributed by atoms with Crippen molar-refractivity contribution in [3.05, 3.63) is 96.7 Å². The molecule has 39 heavy (non-hydrogen) atoms. The average molecular weight is 534 g/mol. The number of hydrogen-bond acceptors (Lipinski definition) is 4. The van der Waals surface area contributed by atoms with Crippen molar-refractivity contribution in [3.8, 4) is 0 Å². The van der Waals surface area contributed by atoms with Crippen LogP contribution < -0.4 is 0 Å². The number of imide groups is 1. The van der Waals surface area contributed by atoms with Crippen LogP contribution in [0.15, 0.2) is 91.1 Å². The van der Waals surface area contributed by atoms with Gasteiger partial charge in [0.1, 0.15) is 12.2 Å². The van der Waals surface area contributed by atoms with E-state index in [9.17, 15) is 9.59 Å². The predicted octanol–water partition coefficient (Wildman–Crippen LogP) is 8.81. The van der Waals surface area contributed by atoms with E-state index in [4.69, 9.17) is 9.47 Å². The second-order valence-electron chi connectivity index (χ2n) is 9.64. The number of amides is 2. The zero-order chi connectivity index (χ0) is 28.1. The van der Waals surface area contributed by atoms with E-state index in [0.29, 0.717) is 13.0 Å². The minimum atomic E-state index is -0.636. The van der Waals surface area contributed by atoms with Crippen LogP contribution in [-0.4, -0.2) is 35.7 Å². The molecule has 2 rings (SSSR count). The number of carbonyl (C=O) groups is 2. The lowest BCUT2D eigenvalue weighted by Crippen LogP contribution is -2.44. The first-order chi connectivity index (χ1) is 19.1. The van der Waals surface area contributed by atoms with Gasteiger partial charge in [0.15, 0.2) is 0 Å². The van der Waals surface area contributed by atoms with Gasteiger partial charge in [0.2, 0.25) is 0 Å². The molecule has 1 aromatic carbocycles. The molecule has 0 aliphatic carbocycles. The van der Waals surface area contributed by atoms with Gasteiger partial charge in [0, 0.05) is 6.61 Å². The number of ether oxygens (including phenoxy) is 2. The van der Waals surface area contributed by atoms with E-state index in [-0.39, 0.29) is 11.9 Å². The number of nitrogens with zero attached hydrogens (tertiary/aromatic N) is 1. The van der Waals surface area contributed by atoms with E-state index in [1.54, 1.807) is 0 Å². The van der Waals surface area contributed by atoms with Crippen LogP contribution in [0.2, 0.25) is 0 Å². The number of rotatable bonds is 18. The van der Waals surface area contributed by atoms with Crippen molar-refractivity contribution in [2.45, 2.75) is 96.8 Å². The molecule has 0 radical (unpaired) electrons. The van der Waals surface area contributed by atoms with Crippen molar-refractivity contribution >= 4 is 12.0 Å². The SMILES string of the molecule is CCC=CCC=CCC=CCC=CCC=CCCCCO[C@@H](CC)C(=O)N1C(=O)O[C@H](c2ccccc2)[C@@H]1C. The van der Waals surface area contributed by atoms with Crippen molar-refractivity contribution in [2.24, 2.45) is 0 Å². The summed E-state index contributed by atoms with van der Waals surface area (Å²) in [5.74, 6) is -0.314.